The van der Waals surface area contributed by atoms with Gasteiger partial charge in [0.2, 0.25) is 0 Å². The standard InChI is InChI=1S/C11H12BrClF3N/c12-4-5-17(7-11(15)16)6-8-9(13)2-1-3-10(8)14/h1-3,11H,4-7H2. The minimum atomic E-state index is -2.44. The molecule has 1 aromatic carbocycles. The van der Waals surface area contributed by atoms with Gasteiger partial charge in [-0.1, -0.05) is 33.6 Å². The van der Waals surface area contributed by atoms with Gasteiger partial charge in [0, 0.05) is 29.0 Å². The first kappa shape index (κ1) is 14.8. The van der Waals surface area contributed by atoms with E-state index in [1.807, 2.05) is 0 Å². The Morgan fingerprint density at radius 2 is 2.06 bits per heavy atom. The van der Waals surface area contributed by atoms with Gasteiger partial charge in [0.1, 0.15) is 5.82 Å². The van der Waals surface area contributed by atoms with E-state index in [-0.39, 0.29) is 17.1 Å². The minimum absolute atomic E-state index is 0.0848. The maximum atomic E-state index is 13.5. The number of halogens is 5. The third-order valence-electron chi connectivity index (χ3n) is 2.24. The number of benzene rings is 1. The van der Waals surface area contributed by atoms with Crippen LogP contribution in [0.5, 0.6) is 0 Å². The molecule has 1 rings (SSSR count). The van der Waals surface area contributed by atoms with Crippen molar-refractivity contribution in [3.8, 4) is 0 Å². The molecule has 0 aliphatic rings. The summed E-state index contributed by atoms with van der Waals surface area (Å²) in [4.78, 5) is 1.46. The number of nitrogens with zero attached hydrogens (tertiary/aromatic N) is 1. The topological polar surface area (TPSA) is 3.24 Å². The Morgan fingerprint density at radius 1 is 1.35 bits per heavy atom. The monoisotopic (exact) mass is 329 g/mol. The van der Waals surface area contributed by atoms with Gasteiger partial charge in [-0.15, -0.1) is 0 Å². The number of rotatable bonds is 6. The van der Waals surface area contributed by atoms with Crippen LogP contribution in [0.15, 0.2) is 18.2 Å². The van der Waals surface area contributed by atoms with Crippen molar-refractivity contribution in [3.63, 3.8) is 0 Å². The first-order valence-corrected chi connectivity index (χ1v) is 6.54. The summed E-state index contributed by atoms with van der Waals surface area (Å²) >= 11 is 9.02. The van der Waals surface area contributed by atoms with Crippen molar-refractivity contribution in [3.05, 3.63) is 34.6 Å². The van der Waals surface area contributed by atoms with Crippen molar-refractivity contribution < 1.29 is 13.2 Å². The van der Waals surface area contributed by atoms with Crippen LogP contribution in [0.25, 0.3) is 0 Å². The van der Waals surface area contributed by atoms with Crippen molar-refractivity contribution in [2.45, 2.75) is 13.0 Å². The maximum Gasteiger partial charge on any atom is 0.251 e. The molecule has 0 N–H and O–H groups in total. The fraction of sp³-hybridized carbons (Fsp3) is 0.455. The molecule has 0 saturated carbocycles. The van der Waals surface area contributed by atoms with Crippen LogP contribution in [0.4, 0.5) is 13.2 Å². The lowest BCUT2D eigenvalue weighted by atomic mass is 10.2. The van der Waals surface area contributed by atoms with E-state index in [1.165, 1.54) is 17.0 Å². The van der Waals surface area contributed by atoms with E-state index in [9.17, 15) is 13.2 Å². The lowest BCUT2D eigenvalue weighted by Gasteiger charge is -2.21. The smallest absolute Gasteiger partial charge is 0.251 e. The Labute approximate surface area is 112 Å². The fourth-order valence-electron chi connectivity index (χ4n) is 1.46. The Balaban J connectivity index is 2.78. The zero-order valence-electron chi connectivity index (χ0n) is 8.97. The molecule has 6 heteroatoms. The summed E-state index contributed by atoms with van der Waals surface area (Å²) in [6.45, 7) is 0.104. The van der Waals surface area contributed by atoms with Gasteiger partial charge in [-0.3, -0.25) is 4.90 Å². The number of hydrogen-bond acceptors (Lipinski definition) is 1. The average molecular weight is 331 g/mol. The first-order valence-electron chi connectivity index (χ1n) is 5.04. The molecule has 0 aliphatic carbocycles. The maximum absolute atomic E-state index is 13.5. The molecule has 0 fully saturated rings. The normalized spacial score (nSPS) is 11.5. The Bertz CT molecular complexity index is 342. The lowest BCUT2D eigenvalue weighted by molar-refractivity contribution is 0.0876. The van der Waals surface area contributed by atoms with Crippen molar-refractivity contribution in [1.29, 1.82) is 0 Å². The zero-order chi connectivity index (χ0) is 12.8. The molecule has 0 bridgehead atoms. The minimum Gasteiger partial charge on any atom is -0.292 e. The quantitative estimate of drug-likeness (QED) is 0.714. The number of hydrogen-bond donors (Lipinski definition) is 0. The van der Waals surface area contributed by atoms with E-state index in [1.54, 1.807) is 6.07 Å². The van der Waals surface area contributed by atoms with Crippen molar-refractivity contribution >= 4 is 27.5 Å². The molecule has 1 aromatic rings. The van der Waals surface area contributed by atoms with Gasteiger partial charge in [0.15, 0.2) is 0 Å². The molecule has 0 atom stereocenters. The van der Waals surface area contributed by atoms with Crippen LogP contribution in [0, 0.1) is 5.82 Å². The van der Waals surface area contributed by atoms with Gasteiger partial charge in [-0.2, -0.15) is 0 Å². The van der Waals surface area contributed by atoms with Crippen LogP contribution in [-0.2, 0) is 6.54 Å². The summed E-state index contributed by atoms with van der Waals surface area (Å²) in [5.74, 6) is -0.466. The van der Waals surface area contributed by atoms with Gasteiger partial charge < -0.3 is 0 Å². The zero-order valence-corrected chi connectivity index (χ0v) is 11.3. The summed E-state index contributed by atoms with van der Waals surface area (Å²) in [6, 6.07) is 4.31. The SMILES string of the molecule is Fc1cccc(Cl)c1CN(CCBr)CC(F)F. The van der Waals surface area contributed by atoms with Gasteiger partial charge in [-0.05, 0) is 12.1 Å². The average Bonchev–Trinajstić information content (AvgIpc) is 2.23. The highest BCUT2D eigenvalue weighted by Gasteiger charge is 2.15. The summed E-state index contributed by atoms with van der Waals surface area (Å²) in [6.07, 6.45) is -2.44. The molecular weight excluding hydrogens is 318 g/mol. The van der Waals surface area contributed by atoms with Crippen LogP contribution in [-0.4, -0.2) is 29.7 Å². The highest BCUT2D eigenvalue weighted by molar-refractivity contribution is 9.09. The van der Waals surface area contributed by atoms with Gasteiger partial charge in [0.25, 0.3) is 6.43 Å². The third kappa shape index (κ3) is 4.85. The van der Waals surface area contributed by atoms with E-state index < -0.39 is 18.8 Å². The number of alkyl halides is 3. The predicted molar refractivity (Wildman–Crippen MR) is 66.5 cm³/mol. The molecule has 0 heterocycles. The van der Waals surface area contributed by atoms with Crippen molar-refractivity contribution in [1.82, 2.24) is 4.90 Å². The molecule has 0 aliphatic heterocycles. The van der Waals surface area contributed by atoms with Crippen molar-refractivity contribution in [2.75, 3.05) is 18.4 Å². The second-order valence-corrected chi connectivity index (χ2v) is 4.72. The molecule has 0 saturated heterocycles. The predicted octanol–water partition coefficient (Wildman–Crippen LogP) is 3.94. The molecule has 0 amide bonds. The van der Waals surface area contributed by atoms with E-state index in [0.717, 1.165) is 0 Å². The summed E-state index contributed by atoms with van der Waals surface area (Å²) < 4.78 is 38.1. The van der Waals surface area contributed by atoms with Crippen LogP contribution in [0.3, 0.4) is 0 Å². The molecule has 1 nitrogen and oxygen atoms in total. The second kappa shape index (κ2) is 7.24. The van der Waals surface area contributed by atoms with E-state index in [2.05, 4.69) is 15.9 Å². The van der Waals surface area contributed by atoms with E-state index >= 15 is 0 Å². The van der Waals surface area contributed by atoms with Gasteiger partial charge in [-0.25, -0.2) is 13.2 Å². The molecule has 0 unspecified atom stereocenters. The van der Waals surface area contributed by atoms with Crippen LogP contribution >= 0.6 is 27.5 Å². The molecule has 0 spiro atoms. The summed E-state index contributed by atoms with van der Waals surface area (Å²) in [5, 5.41) is 0.810. The largest absolute Gasteiger partial charge is 0.292 e. The van der Waals surface area contributed by atoms with Crippen LogP contribution in [0.1, 0.15) is 5.56 Å². The van der Waals surface area contributed by atoms with Crippen molar-refractivity contribution in [2.24, 2.45) is 0 Å². The Morgan fingerprint density at radius 3 is 2.59 bits per heavy atom. The van der Waals surface area contributed by atoms with Gasteiger partial charge >= 0.3 is 0 Å². The molecular formula is C11H12BrClF3N. The third-order valence-corrected chi connectivity index (χ3v) is 2.95. The Hall–Kier alpha value is -0.260. The van der Waals surface area contributed by atoms with Gasteiger partial charge in [0.05, 0.1) is 6.54 Å². The molecule has 17 heavy (non-hydrogen) atoms. The first-order chi connectivity index (χ1) is 8.04. The fourth-order valence-corrected chi connectivity index (χ4v) is 2.18. The highest BCUT2D eigenvalue weighted by Crippen LogP contribution is 2.21. The molecule has 0 aromatic heterocycles. The molecule has 96 valence electrons. The second-order valence-electron chi connectivity index (χ2n) is 3.52. The van der Waals surface area contributed by atoms with E-state index in [0.29, 0.717) is 11.9 Å². The summed E-state index contributed by atoms with van der Waals surface area (Å²) in [5.41, 5.74) is 0.260. The van der Waals surface area contributed by atoms with Crippen LogP contribution in [0.2, 0.25) is 5.02 Å². The molecule has 0 radical (unpaired) electrons. The van der Waals surface area contributed by atoms with E-state index in [4.69, 9.17) is 11.6 Å². The summed E-state index contributed by atoms with van der Waals surface area (Å²) in [7, 11) is 0. The lowest BCUT2D eigenvalue weighted by Crippen LogP contribution is -2.30. The highest BCUT2D eigenvalue weighted by atomic mass is 79.9. The van der Waals surface area contributed by atoms with Crippen LogP contribution < -0.4 is 0 Å². The Kier molecular flexibility index (Phi) is 6.30.